The molecule has 1 aromatic carbocycles. The van der Waals surface area contributed by atoms with Crippen LogP contribution in [-0.2, 0) is 4.74 Å². The van der Waals surface area contributed by atoms with E-state index < -0.39 is 6.10 Å². The van der Waals surface area contributed by atoms with Crippen LogP contribution >= 0.6 is 11.8 Å². The summed E-state index contributed by atoms with van der Waals surface area (Å²) in [6.45, 7) is 4.41. The van der Waals surface area contributed by atoms with E-state index in [1.54, 1.807) is 0 Å². The minimum absolute atomic E-state index is 0.180. The first-order valence-electron chi connectivity index (χ1n) is 5.70. The zero-order valence-electron chi connectivity index (χ0n) is 9.72. The van der Waals surface area contributed by atoms with E-state index in [4.69, 9.17) is 4.74 Å². The first-order valence-corrected chi connectivity index (χ1v) is 6.68. The van der Waals surface area contributed by atoms with E-state index in [9.17, 15) is 5.11 Å². The molecular weight excluding hydrogens is 220 g/mol. The number of rotatable bonds is 4. The van der Waals surface area contributed by atoms with E-state index in [1.165, 1.54) is 10.5 Å². The Hall–Kier alpha value is -0.510. The summed E-state index contributed by atoms with van der Waals surface area (Å²) in [5, 5.41) is 10.1. The Morgan fingerprint density at radius 1 is 1.44 bits per heavy atom. The Balaban J connectivity index is 2.01. The molecule has 0 fully saturated rings. The smallest absolute Gasteiger partial charge is 0.0850 e. The number of fused-ring (bicyclic) bond motifs is 1. The number of hydrogen-bond donors (Lipinski definition) is 1. The molecule has 1 aliphatic rings. The Morgan fingerprint density at radius 2 is 2.19 bits per heavy atom. The van der Waals surface area contributed by atoms with E-state index in [1.807, 2.05) is 37.7 Å². The van der Waals surface area contributed by atoms with Crippen molar-refractivity contribution in [3.8, 4) is 0 Å². The van der Waals surface area contributed by atoms with Gasteiger partial charge >= 0.3 is 0 Å². The monoisotopic (exact) mass is 238 g/mol. The summed E-state index contributed by atoms with van der Waals surface area (Å²) in [5.41, 5.74) is 1.27. The molecule has 0 bridgehead atoms. The maximum Gasteiger partial charge on any atom is 0.0850 e. The lowest BCUT2D eigenvalue weighted by Crippen LogP contribution is -2.25. The molecule has 0 aliphatic carbocycles. The second-order valence-corrected chi connectivity index (χ2v) is 5.47. The summed E-state index contributed by atoms with van der Waals surface area (Å²) in [4.78, 5) is 1.30. The maximum atomic E-state index is 10.1. The van der Waals surface area contributed by atoms with Crippen LogP contribution in [0.3, 0.4) is 0 Å². The lowest BCUT2D eigenvalue weighted by atomic mass is 9.96. The summed E-state index contributed by atoms with van der Waals surface area (Å²) >= 11 is 1.82. The number of aliphatic hydroxyl groups excluding tert-OH is 1. The lowest BCUT2D eigenvalue weighted by molar-refractivity contribution is -0.00234. The van der Waals surface area contributed by atoms with Crippen LogP contribution in [0.4, 0.5) is 0 Å². The quantitative estimate of drug-likeness (QED) is 0.874. The van der Waals surface area contributed by atoms with Crippen molar-refractivity contribution in [1.82, 2.24) is 0 Å². The molecule has 2 rings (SSSR count). The standard InChI is InChI=1S/C13H18O2S/c1-9(2)15-7-12(14)11-8-16-13-6-4-3-5-10(11)13/h3-6,9,11-12,14H,7-8H2,1-2H3. The minimum atomic E-state index is -0.390. The van der Waals surface area contributed by atoms with E-state index in [0.717, 1.165) is 5.75 Å². The van der Waals surface area contributed by atoms with E-state index in [-0.39, 0.29) is 12.0 Å². The van der Waals surface area contributed by atoms with Crippen molar-refractivity contribution in [3.05, 3.63) is 29.8 Å². The molecule has 16 heavy (non-hydrogen) atoms. The third-order valence-corrected chi connectivity index (χ3v) is 4.01. The molecule has 1 heterocycles. The second kappa shape index (κ2) is 5.21. The van der Waals surface area contributed by atoms with Crippen molar-refractivity contribution >= 4 is 11.8 Å². The maximum absolute atomic E-state index is 10.1. The van der Waals surface area contributed by atoms with Crippen molar-refractivity contribution in [1.29, 1.82) is 0 Å². The van der Waals surface area contributed by atoms with Gasteiger partial charge in [0.05, 0.1) is 18.8 Å². The molecule has 2 unspecified atom stereocenters. The van der Waals surface area contributed by atoms with Gasteiger partial charge in [-0.05, 0) is 25.5 Å². The number of aliphatic hydroxyl groups is 1. The van der Waals surface area contributed by atoms with Crippen LogP contribution in [-0.4, -0.2) is 29.7 Å². The Kier molecular flexibility index (Phi) is 3.90. The van der Waals surface area contributed by atoms with Gasteiger partial charge in [-0.2, -0.15) is 0 Å². The molecule has 0 spiro atoms. The zero-order chi connectivity index (χ0) is 11.5. The Labute approximate surface area is 101 Å². The predicted molar refractivity (Wildman–Crippen MR) is 67.0 cm³/mol. The van der Waals surface area contributed by atoms with Gasteiger partial charge in [0, 0.05) is 16.6 Å². The second-order valence-electron chi connectivity index (χ2n) is 4.40. The highest BCUT2D eigenvalue weighted by atomic mass is 32.2. The molecule has 0 aromatic heterocycles. The summed E-state index contributed by atoms with van der Waals surface area (Å²) in [5.74, 6) is 1.18. The summed E-state index contributed by atoms with van der Waals surface area (Å²) in [6, 6.07) is 8.31. The van der Waals surface area contributed by atoms with Gasteiger partial charge in [-0.15, -0.1) is 11.8 Å². The van der Waals surface area contributed by atoms with E-state index in [2.05, 4.69) is 12.1 Å². The molecule has 1 aliphatic heterocycles. The molecule has 1 N–H and O–H groups in total. The van der Waals surface area contributed by atoms with Gasteiger partial charge in [0.15, 0.2) is 0 Å². The molecule has 0 saturated carbocycles. The molecule has 3 heteroatoms. The van der Waals surface area contributed by atoms with Gasteiger partial charge in [-0.25, -0.2) is 0 Å². The molecule has 1 aromatic rings. The first-order chi connectivity index (χ1) is 7.68. The largest absolute Gasteiger partial charge is 0.390 e. The summed E-state index contributed by atoms with van der Waals surface area (Å²) in [6.07, 6.45) is -0.211. The third-order valence-electron chi connectivity index (χ3n) is 2.80. The van der Waals surface area contributed by atoms with Crippen LogP contribution in [0.1, 0.15) is 25.3 Å². The topological polar surface area (TPSA) is 29.5 Å². The van der Waals surface area contributed by atoms with Crippen molar-refractivity contribution in [3.63, 3.8) is 0 Å². The molecule has 88 valence electrons. The Bertz CT molecular complexity index is 352. The molecule has 0 saturated heterocycles. The fourth-order valence-electron chi connectivity index (χ4n) is 1.91. The molecular formula is C13H18O2S. The third kappa shape index (κ3) is 2.59. The fourth-order valence-corrected chi connectivity index (χ4v) is 3.23. The van der Waals surface area contributed by atoms with Crippen molar-refractivity contribution in [2.75, 3.05) is 12.4 Å². The van der Waals surface area contributed by atoms with Gasteiger partial charge < -0.3 is 9.84 Å². The average molecular weight is 238 g/mol. The van der Waals surface area contributed by atoms with Gasteiger partial charge in [0.25, 0.3) is 0 Å². The SMILES string of the molecule is CC(C)OCC(O)C1CSc2ccccc21. The van der Waals surface area contributed by atoms with Crippen LogP contribution in [0.2, 0.25) is 0 Å². The average Bonchev–Trinajstić information content (AvgIpc) is 2.69. The Morgan fingerprint density at radius 3 is 2.94 bits per heavy atom. The van der Waals surface area contributed by atoms with Crippen molar-refractivity contribution in [2.45, 2.75) is 36.9 Å². The van der Waals surface area contributed by atoms with Gasteiger partial charge in [-0.3, -0.25) is 0 Å². The van der Waals surface area contributed by atoms with Crippen LogP contribution in [0.25, 0.3) is 0 Å². The van der Waals surface area contributed by atoms with Crippen molar-refractivity contribution < 1.29 is 9.84 Å². The molecule has 0 radical (unpaired) electrons. The van der Waals surface area contributed by atoms with E-state index in [0.29, 0.717) is 6.61 Å². The highest BCUT2D eigenvalue weighted by molar-refractivity contribution is 7.99. The fraction of sp³-hybridized carbons (Fsp3) is 0.538. The summed E-state index contributed by atoms with van der Waals surface area (Å²) in [7, 11) is 0. The van der Waals surface area contributed by atoms with E-state index >= 15 is 0 Å². The number of hydrogen-bond acceptors (Lipinski definition) is 3. The highest BCUT2D eigenvalue weighted by Gasteiger charge is 2.29. The minimum Gasteiger partial charge on any atom is -0.390 e. The summed E-state index contributed by atoms with van der Waals surface area (Å²) < 4.78 is 5.47. The lowest BCUT2D eigenvalue weighted by Gasteiger charge is -2.19. The van der Waals surface area contributed by atoms with Crippen molar-refractivity contribution in [2.24, 2.45) is 0 Å². The van der Waals surface area contributed by atoms with Crippen LogP contribution in [0, 0.1) is 0 Å². The predicted octanol–water partition coefficient (Wildman–Crippen LogP) is 2.66. The van der Waals surface area contributed by atoms with Crippen LogP contribution < -0.4 is 0 Å². The van der Waals surface area contributed by atoms with Crippen LogP contribution in [0.15, 0.2) is 29.2 Å². The van der Waals surface area contributed by atoms with Gasteiger partial charge in [0.2, 0.25) is 0 Å². The zero-order valence-corrected chi connectivity index (χ0v) is 10.5. The number of ether oxygens (including phenoxy) is 1. The molecule has 2 atom stereocenters. The number of thioether (sulfide) groups is 1. The van der Waals surface area contributed by atoms with Crippen LogP contribution in [0.5, 0.6) is 0 Å². The molecule has 2 nitrogen and oxygen atoms in total. The highest BCUT2D eigenvalue weighted by Crippen LogP contribution is 2.40. The molecule has 0 amide bonds. The van der Waals surface area contributed by atoms with Gasteiger partial charge in [0.1, 0.15) is 0 Å². The van der Waals surface area contributed by atoms with Gasteiger partial charge in [-0.1, -0.05) is 18.2 Å². The first kappa shape index (κ1) is 12.0. The normalized spacial score (nSPS) is 21.1. The number of benzene rings is 1.